The molecule has 2 rings (SSSR count). The molecule has 1 atom stereocenters. The maximum atomic E-state index is 11.6. The molecular formula is C12H13N3O4S. The third-order valence-corrected chi connectivity index (χ3v) is 3.48. The third-order valence-electron chi connectivity index (χ3n) is 2.34. The molecule has 0 spiro atoms. The molecule has 0 radical (unpaired) electrons. The number of carbonyl (C=O) groups excluding carboxylic acids is 2. The standard InChI is InChI=1S/C12H13N3O4S/c1-8(16)18-6-4-10-11(17)14-12(20-10)15-13-7-9-3-2-5-19-9/h2-3,5,7,10H,4,6H2,1H3,(H,14,15,17). The van der Waals surface area contributed by atoms with Crippen LogP contribution in [-0.2, 0) is 14.3 Å². The SMILES string of the molecule is CC(=O)OCCC1S/C(=N/N=Cc2ccco2)NC1=O. The van der Waals surface area contributed by atoms with Gasteiger partial charge in [0.05, 0.1) is 24.3 Å². The van der Waals surface area contributed by atoms with E-state index in [0.29, 0.717) is 17.3 Å². The first-order chi connectivity index (χ1) is 9.65. The van der Waals surface area contributed by atoms with Crippen LogP contribution in [0, 0.1) is 0 Å². The number of amides is 1. The molecule has 1 aliphatic rings. The van der Waals surface area contributed by atoms with Crippen LogP contribution in [0.1, 0.15) is 19.1 Å². The summed E-state index contributed by atoms with van der Waals surface area (Å²) < 4.78 is 9.86. The van der Waals surface area contributed by atoms with Crippen molar-refractivity contribution in [3.05, 3.63) is 24.2 Å². The zero-order chi connectivity index (χ0) is 14.4. The minimum atomic E-state index is -0.356. The Morgan fingerprint density at radius 3 is 3.20 bits per heavy atom. The molecule has 0 saturated carbocycles. The van der Waals surface area contributed by atoms with E-state index >= 15 is 0 Å². The van der Waals surface area contributed by atoms with Crippen LogP contribution in [0.3, 0.4) is 0 Å². The van der Waals surface area contributed by atoms with Gasteiger partial charge in [-0.15, -0.1) is 5.10 Å². The molecule has 7 nitrogen and oxygen atoms in total. The number of thioether (sulfide) groups is 1. The van der Waals surface area contributed by atoms with Gasteiger partial charge in [0.15, 0.2) is 5.17 Å². The largest absolute Gasteiger partial charge is 0.466 e. The first kappa shape index (κ1) is 14.3. The van der Waals surface area contributed by atoms with Crippen molar-refractivity contribution in [1.82, 2.24) is 5.32 Å². The van der Waals surface area contributed by atoms with Crippen molar-refractivity contribution >= 4 is 35.0 Å². The van der Waals surface area contributed by atoms with Crippen molar-refractivity contribution < 1.29 is 18.7 Å². The highest BCUT2D eigenvalue weighted by molar-refractivity contribution is 8.15. The monoisotopic (exact) mass is 295 g/mol. The van der Waals surface area contributed by atoms with Gasteiger partial charge in [-0.3, -0.25) is 9.59 Å². The zero-order valence-electron chi connectivity index (χ0n) is 10.7. The number of esters is 1. The second-order valence-corrected chi connectivity index (χ2v) is 5.08. The van der Waals surface area contributed by atoms with Crippen LogP contribution >= 0.6 is 11.8 Å². The molecular weight excluding hydrogens is 282 g/mol. The Bertz CT molecular complexity index is 539. The number of ether oxygens (including phenoxy) is 1. The van der Waals surface area contributed by atoms with E-state index in [2.05, 4.69) is 15.5 Å². The highest BCUT2D eigenvalue weighted by atomic mass is 32.2. The Balaban J connectivity index is 1.83. The van der Waals surface area contributed by atoms with Crippen LogP contribution < -0.4 is 5.32 Å². The molecule has 1 fully saturated rings. The summed E-state index contributed by atoms with van der Waals surface area (Å²) in [7, 11) is 0. The number of furan rings is 1. The second kappa shape index (κ2) is 6.90. The van der Waals surface area contributed by atoms with Gasteiger partial charge in [-0.25, -0.2) is 0 Å². The average Bonchev–Trinajstić information content (AvgIpc) is 3.00. The highest BCUT2D eigenvalue weighted by Crippen LogP contribution is 2.22. The molecule has 1 unspecified atom stereocenters. The molecule has 1 aromatic heterocycles. The number of carbonyl (C=O) groups is 2. The van der Waals surface area contributed by atoms with Crippen LogP contribution in [0.2, 0.25) is 0 Å². The Morgan fingerprint density at radius 1 is 1.65 bits per heavy atom. The van der Waals surface area contributed by atoms with Gasteiger partial charge in [0, 0.05) is 13.3 Å². The maximum absolute atomic E-state index is 11.6. The topological polar surface area (TPSA) is 93.3 Å². The average molecular weight is 295 g/mol. The maximum Gasteiger partial charge on any atom is 0.302 e. The van der Waals surface area contributed by atoms with E-state index in [1.807, 2.05) is 0 Å². The van der Waals surface area contributed by atoms with Gasteiger partial charge in [-0.05, 0) is 12.1 Å². The Labute approximate surface area is 119 Å². The van der Waals surface area contributed by atoms with Gasteiger partial charge in [0.2, 0.25) is 5.91 Å². The van der Waals surface area contributed by atoms with Crippen LogP contribution in [0.15, 0.2) is 33.0 Å². The van der Waals surface area contributed by atoms with Gasteiger partial charge < -0.3 is 14.5 Å². The summed E-state index contributed by atoms with van der Waals surface area (Å²) in [6, 6.07) is 3.48. The number of nitrogens with zero attached hydrogens (tertiary/aromatic N) is 2. The third kappa shape index (κ3) is 4.23. The molecule has 1 amide bonds. The molecule has 20 heavy (non-hydrogen) atoms. The van der Waals surface area contributed by atoms with Gasteiger partial charge in [-0.1, -0.05) is 11.8 Å². The molecule has 1 aromatic rings. The quantitative estimate of drug-likeness (QED) is 0.500. The number of rotatable bonds is 5. The minimum absolute atomic E-state index is 0.158. The first-order valence-electron chi connectivity index (χ1n) is 5.90. The molecule has 2 heterocycles. The molecule has 0 bridgehead atoms. The molecule has 0 aromatic carbocycles. The number of hydrogen-bond donors (Lipinski definition) is 1. The smallest absolute Gasteiger partial charge is 0.302 e. The predicted octanol–water partition coefficient (Wildman–Crippen LogP) is 1.15. The fourth-order valence-electron chi connectivity index (χ4n) is 1.45. The van der Waals surface area contributed by atoms with E-state index in [9.17, 15) is 9.59 Å². The molecule has 0 aliphatic carbocycles. The second-order valence-electron chi connectivity index (χ2n) is 3.89. The summed E-state index contributed by atoms with van der Waals surface area (Å²) in [6.07, 6.45) is 3.43. The van der Waals surface area contributed by atoms with Crippen LogP contribution in [0.25, 0.3) is 0 Å². The van der Waals surface area contributed by atoms with Gasteiger partial charge in [0.25, 0.3) is 0 Å². The van der Waals surface area contributed by atoms with Crippen molar-refractivity contribution in [2.45, 2.75) is 18.6 Å². The number of amidine groups is 1. The van der Waals surface area contributed by atoms with E-state index in [4.69, 9.17) is 9.15 Å². The zero-order valence-corrected chi connectivity index (χ0v) is 11.6. The molecule has 106 valence electrons. The lowest BCUT2D eigenvalue weighted by molar-refractivity contribution is -0.141. The van der Waals surface area contributed by atoms with Crippen molar-refractivity contribution in [3.8, 4) is 0 Å². The van der Waals surface area contributed by atoms with Crippen molar-refractivity contribution in [2.24, 2.45) is 10.2 Å². The van der Waals surface area contributed by atoms with E-state index in [1.165, 1.54) is 31.2 Å². The van der Waals surface area contributed by atoms with E-state index in [1.54, 1.807) is 12.1 Å². The van der Waals surface area contributed by atoms with Crippen LogP contribution in [0.5, 0.6) is 0 Å². The Morgan fingerprint density at radius 2 is 2.50 bits per heavy atom. The summed E-state index contributed by atoms with van der Waals surface area (Å²) in [4.78, 5) is 22.3. The van der Waals surface area contributed by atoms with Gasteiger partial charge in [0.1, 0.15) is 5.76 Å². The summed E-state index contributed by atoms with van der Waals surface area (Å²) >= 11 is 1.26. The van der Waals surface area contributed by atoms with Crippen LogP contribution in [-0.4, -0.2) is 35.1 Å². The number of hydrogen-bond acceptors (Lipinski definition) is 7. The molecule has 1 saturated heterocycles. The van der Waals surface area contributed by atoms with Gasteiger partial charge in [-0.2, -0.15) is 5.10 Å². The minimum Gasteiger partial charge on any atom is -0.466 e. The summed E-state index contributed by atoms with van der Waals surface area (Å²) in [6.45, 7) is 1.54. The molecule has 1 N–H and O–H groups in total. The first-order valence-corrected chi connectivity index (χ1v) is 6.78. The number of nitrogens with one attached hydrogen (secondary N) is 1. The van der Waals surface area contributed by atoms with E-state index < -0.39 is 0 Å². The van der Waals surface area contributed by atoms with Crippen molar-refractivity contribution in [3.63, 3.8) is 0 Å². The molecule has 8 heteroatoms. The highest BCUT2D eigenvalue weighted by Gasteiger charge is 2.30. The fraction of sp³-hybridized carbons (Fsp3) is 0.333. The summed E-state index contributed by atoms with van der Waals surface area (Å²) in [5.74, 6) is 0.0644. The van der Waals surface area contributed by atoms with Crippen molar-refractivity contribution in [1.29, 1.82) is 0 Å². The summed E-state index contributed by atoms with van der Waals surface area (Å²) in [5, 5.41) is 10.4. The Hall–Kier alpha value is -2.09. The van der Waals surface area contributed by atoms with Gasteiger partial charge >= 0.3 is 5.97 Å². The fourth-order valence-corrected chi connectivity index (χ4v) is 2.36. The predicted molar refractivity (Wildman–Crippen MR) is 74.5 cm³/mol. The van der Waals surface area contributed by atoms with E-state index in [-0.39, 0.29) is 23.7 Å². The van der Waals surface area contributed by atoms with Crippen molar-refractivity contribution in [2.75, 3.05) is 6.61 Å². The van der Waals surface area contributed by atoms with E-state index in [0.717, 1.165) is 0 Å². The van der Waals surface area contributed by atoms with Crippen LogP contribution in [0.4, 0.5) is 0 Å². The Kier molecular flexibility index (Phi) is 4.94. The lowest BCUT2D eigenvalue weighted by atomic mass is 10.3. The lowest BCUT2D eigenvalue weighted by Crippen LogP contribution is -2.25. The normalized spacial score (nSPS) is 20.6. The molecule has 1 aliphatic heterocycles. The lowest BCUT2D eigenvalue weighted by Gasteiger charge is -2.04. The summed E-state index contributed by atoms with van der Waals surface area (Å²) in [5.41, 5.74) is 0.